The molecule has 24 heavy (non-hydrogen) atoms. The van der Waals surface area contributed by atoms with Crippen molar-refractivity contribution in [2.75, 3.05) is 7.11 Å². The topological polar surface area (TPSA) is 38.7 Å². The minimum atomic E-state index is -0.170. The number of carbonyl (C=O) groups excluding carboxylic acids is 1. The third-order valence-electron chi connectivity index (χ3n) is 8.30. The van der Waals surface area contributed by atoms with Crippen molar-refractivity contribution < 1.29 is 9.63 Å². The van der Waals surface area contributed by atoms with Crippen molar-refractivity contribution in [3.05, 3.63) is 0 Å². The van der Waals surface area contributed by atoms with Gasteiger partial charge in [0.1, 0.15) is 12.9 Å². The summed E-state index contributed by atoms with van der Waals surface area (Å²) in [6.07, 6.45) is 11.1. The second kappa shape index (κ2) is 6.30. The number of hydrogen-bond donors (Lipinski definition) is 0. The molecule has 0 aromatic heterocycles. The molecule has 4 fully saturated rings. The molecule has 0 spiro atoms. The molecule has 6 atom stereocenters. The molecule has 4 rings (SSSR count). The number of halogens is 1. The Hall–Kier alpha value is -0.570. The van der Waals surface area contributed by atoms with E-state index in [4.69, 9.17) is 4.84 Å². The molecule has 0 bridgehead atoms. The molecule has 3 nitrogen and oxygen atoms in total. The zero-order valence-electron chi connectivity index (χ0n) is 15.3. The maximum atomic E-state index is 12.7. The van der Waals surface area contributed by atoms with E-state index in [0.717, 1.165) is 24.0 Å². The van der Waals surface area contributed by atoms with Crippen LogP contribution in [0.25, 0.3) is 0 Å². The predicted octanol–water partition coefficient (Wildman–Crippen LogP) is 5.02. The van der Waals surface area contributed by atoms with Crippen molar-refractivity contribution in [3.8, 4) is 0 Å². The molecule has 0 radical (unpaired) electrons. The minimum Gasteiger partial charge on any atom is -0.399 e. The van der Waals surface area contributed by atoms with E-state index in [1.165, 1.54) is 44.9 Å². The van der Waals surface area contributed by atoms with Crippen molar-refractivity contribution in [1.82, 2.24) is 0 Å². The number of hydrogen-bond acceptors (Lipinski definition) is 3. The van der Waals surface area contributed by atoms with Crippen LogP contribution >= 0.6 is 12.4 Å². The predicted molar refractivity (Wildman–Crippen MR) is 98.4 cm³/mol. The second-order valence-electron chi connectivity index (χ2n) is 9.10. The number of ketones is 1. The van der Waals surface area contributed by atoms with Gasteiger partial charge in [-0.2, -0.15) is 0 Å². The number of carbonyl (C=O) groups is 1. The quantitative estimate of drug-likeness (QED) is 0.620. The summed E-state index contributed by atoms with van der Waals surface area (Å²) < 4.78 is 0. The number of oxime groups is 1. The fourth-order valence-corrected chi connectivity index (χ4v) is 7.11. The highest BCUT2D eigenvalue weighted by Gasteiger charge is 2.62. The van der Waals surface area contributed by atoms with E-state index >= 15 is 0 Å². The molecule has 4 aliphatic carbocycles. The maximum Gasteiger partial charge on any atom is 0.145 e. The molecule has 0 aromatic rings. The van der Waals surface area contributed by atoms with Gasteiger partial charge in [0.05, 0.1) is 5.71 Å². The molecular formula is C20H32ClNO2. The first-order valence-corrected chi connectivity index (χ1v) is 9.64. The summed E-state index contributed by atoms with van der Waals surface area (Å²) in [5, 5.41) is 4.32. The van der Waals surface area contributed by atoms with Crippen LogP contribution in [-0.2, 0) is 9.63 Å². The Labute approximate surface area is 152 Å². The van der Waals surface area contributed by atoms with Crippen LogP contribution in [0.2, 0.25) is 0 Å². The van der Waals surface area contributed by atoms with Crippen molar-refractivity contribution in [2.24, 2.45) is 39.7 Å². The summed E-state index contributed by atoms with van der Waals surface area (Å²) in [5.41, 5.74) is 1.38. The van der Waals surface area contributed by atoms with Gasteiger partial charge >= 0.3 is 0 Å². The highest BCUT2D eigenvalue weighted by atomic mass is 35.5. The molecule has 0 aromatic carbocycles. The largest absolute Gasteiger partial charge is 0.399 e. The molecule has 0 saturated heterocycles. The van der Waals surface area contributed by atoms with Gasteiger partial charge in [-0.25, -0.2) is 0 Å². The van der Waals surface area contributed by atoms with E-state index in [0.29, 0.717) is 29.5 Å². The van der Waals surface area contributed by atoms with Gasteiger partial charge in [0, 0.05) is 17.8 Å². The van der Waals surface area contributed by atoms with E-state index < -0.39 is 0 Å². The Bertz CT molecular complexity index is 548. The second-order valence-corrected chi connectivity index (χ2v) is 9.10. The van der Waals surface area contributed by atoms with Crippen molar-refractivity contribution >= 4 is 23.9 Å². The first-order chi connectivity index (χ1) is 11.0. The van der Waals surface area contributed by atoms with Crippen molar-refractivity contribution in [2.45, 2.75) is 71.6 Å². The molecule has 136 valence electrons. The van der Waals surface area contributed by atoms with Gasteiger partial charge < -0.3 is 4.84 Å². The van der Waals surface area contributed by atoms with Crippen LogP contribution in [-0.4, -0.2) is 18.6 Å². The summed E-state index contributed by atoms with van der Waals surface area (Å²) >= 11 is 0. The number of rotatable bonds is 1. The van der Waals surface area contributed by atoms with Gasteiger partial charge in [0.15, 0.2) is 0 Å². The Morgan fingerprint density at radius 2 is 1.88 bits per heavy atom. The first-order valence-electron chi connectivity index (χ1n) is 9.64. The summed E-state index contributed by atoms with van der Waals surface area (Å²) in [4.78, 5) is 17.8. The zero-order valence-corrected chi connectivity index (χ0v) is 16.2. The van der Waals surface area contributed by atoms with Crippen LogP contribution in [0.5, 0.6) is 0 Å². The van der Waals surface area contributed by atoms with E-state index in [9.17, 15) is 4.79 Å². The Morgan fingerprint density at radius 3 is 2.62 bits per heavy atom. The molecule has 4 aliphatic rings. The average Bonchev–Trinajstić information content (AvgIpc) is 2.78. The molecule has 0 amide bonds. The van der Waals surface area contributed by atoms with Crippen molar-refractivity contribution in [1.29, 1.82) is 0 Å². The number of Topliss-reactive ketones (excluding diaryl/α,β-unsaturated/α-hetero) is 1. The fraction of sp³-hybridized carbons (Fsp3) is 0.900. The summed E-state index contributed by atoms with van der Waals surface area (Å²) in [6, 6.07) is 0. The smallest absolute Gasteiger partial charge is 0.145 e. The summed E-state index contributed by atoms with van der Waals surface area (Å²) in [5.74, 6) is 3.10. The third kappa shape index (κ3) is 2.37. The third-order valence-corrected chi connectivity index (χ3v) is 8.30. The maximum absolute atomic E-state index is 12.7. The van der Waals surface area contributed by atoms with Crippen LogP contribution in [0, 0.1) is 34.5 Å². The highest BCUT2D eigenvalue weighted by Crippen LogP contribution is 2.64. The SMILES string of the molecule is CO/N=C1\CC(=O)[C@@]2(C)CC[C@H]3[C@@H](CC[C@H]4CCCC[C@@]43C)[C@H]12.Cl. The van der Waals surface area contributed by atoms with Crippen LogP contribution < -0.4 is 0 Å². The molecule has 4 saturated carbocycles. The van der Waals surface area contributed by atoms with E-state index in [2.05, 4.69) is 19.0 Å². The van der Waals surface area contributed by atoms with E-state index in [1.54, 1.807) is 7.11 Å². The minimum absolute atomic E-state index is 0. The van der Waals surface area contributed by atoms with Crippen molar-refractivity contribution in [3.63, 3.8) is 0 Å². The molecule has 0 aliphatic heterocycles. The summed E-state index contributed by atoms with van der Waals surface area (Å²) in [6.45, 7) is 4.78. The van der Waals surface area contributed by atoms with Gasteiger partial charge in [0.2, 0.25) is 0 Å². The fourth-order valence-electron chi connectivity index (χ4n) is 7.11. The lowest BCUT2D eigenvalue weighted by Gasteiger charge is -2.59. The zero-order chi connectivity index (χ0) is 16.2. The highest BCUT2D eigenvalue weighted by molar-refractivity contribution is 6.13. The van der Waals surface area contributed by atoms with E-state index in [-0.39, 0.29) is 17.8 Å². The molecule has 4 heteroatoms. The van der Waals surface area contributed by atoms with Crippen LogP contribution in [0.1, 0.15) is 71.6 Å². The monoisotopic (exact) mass is 353 g/mol. The lowest BCUT2D eigenvalue weighted by atomic mass is 9.45. The van der Waals surface area contributed by atoms with E-state index in [1.807, 2.05) is 0 Å². The average molecular weight is 354 g/mol. The Kier molecular flexibility index (Phi) is 4.79. The van der Waals surface area contributed by atoms with Crippen LogP contribution in [0.15, 0.2) is 5.16 Å². The van der Waals surface area contributed by atoms with Gasteiger partial charge in [-0.3, -0.25) is 4.79 Å². The van der Waals surface area contributed by atoms with Crippen LogP contribution in [0.3, 0.4) is 0 Å². The lowest BCUT2D eigenvalue weighted by molar-refractivity contribution is -0.136. The summed E-state index contributed by atoms with van der Waals surface area (Å²) in [7, 11) is 1.62. The van der Waals surface area contributed by atoms with Crippen LogP contribution in [0.4, 0.5) is 0 Å². The molecule has 0 unspecified atom stereocenters. The number of fused-ring (bicyclic) bond motifs is 5. The Morgan fingerprint density at radius 1 is 1.08 bits per heavy atom. The Balaban J connectivity index is 0.00000169. The first kappa shape index (κ1) is 18.2. The van der Waals surface area contributed by atoms with Gasteiger partial charge in [-0.05, 0) is 61.7 Å². The van der Waals surface area contributed by atoms with Gasteiger partial charge in [-0.1, -0.05) is 31.8 Å². The lowest BCUT2D eigenvalue weighted by Crippen LogP contribution is -2.53. The molecular weight excluding hydrogens is 322 g/mol. The standard InChI is InChI=1S/C20H31NO2.ClH/c1-19-10-5-4-6-13(19)7-8-14-15(19)9-11-20(2)17(22)12-16(18(14)20)21-23-3;/h13-15,18H,4-12H2,1-3H3;1H/b21-16+;/t13-,14-,15+,18-,19+,20-;/m1./s1. The normalized spacial score (nSPS) is 49.0. The number of nitrogens with zero attached hydrogens (tertiary/aromatic N) is 1. The molecule has 0 heterocycles. The van der Waals surface area contributed by atoms with Gasteiger partial charge in [-0.15, -0.1) is 12.4 Å². The molecule has 0 N–H and O–H groups in total. The van der Waals surface area contributed by atoms with Gasteiger partial charge in [0.25, 0.3) is 0 Å².